The highest BCUT2D eigenvalue weighted by Crippen LogP contribution is 2.32. The maximum absolute atomic E-state index is 13.1. The van der Waals surface area contributed by atoms with Crippen LogP contribution in [0, 0.1) is 0 Å². The van der Waals surface area contributed by atoms with Gasteiger partial charge in [0.1, 0.15) is 5.82 Å². The minimum Gasteiger partial charge on any atom is -0.290 e. The number of aromatic nitrogens is 4. The summed E-state index contributed by atoms with van der Waals surface area (Å²) in [5.74, 6) is 0.803. The van der Waals surface area contributed by atoms with Gasteiger partial charge in [-0.2, -0.15) is 10.2 Å². The van der Waals surface area contributed by atoms with Gasteiger partial charge in [-0.05, 0) is 32.4 Å². The number of hydrogen-bond donors (Lipinski definition) is 0. The van der Waals surface area contributed by atoms with Crippen LogP contribution in [0.4, 0.5) is 5.82 Å². The molecule has 1 aliphatic rings. The molecular weight excluding hydrogens is 302 g/mol. The molecule has 6 nitrogen and oxygen atoms in total. The molecule has 0 aliphatic carbocycles. The number of anilines is 1. The Morgan fingerprint density at radius 1 is 1.08 bits per heavy atom. The minimum atomic E-state index is -0.0432. The molecule has 3 aromatic rings. The molecule has 1 aromatic carbocycles. The lowest BCUT2D eigenvalue weighted by atomic mass is 10.0. The molecule has 0 bridgehead atoms. The van der Waals surface area contributed by atoms with Crippen molar-refractivity contribution in [1.82, 2.24) is 19.6 Å². The van der Waals surface area contributed by atoms with E-state index in [-0.39, 0.29) is 11.9 Å². The fraction of sp³-hybridized carbons (Fsp3) is 0.278. The smallest absolute Gasteiger partial charge is 0.262 e. The normalized spacial score (nSPS) is 20.0. The standard InChI is InChI=1S/C18H19N5O/c1-13-10-14(2)23-17(8-9-19-23)22(13)18(24)15-11-20-21(12-15)16-6-4-3-5-7-16/h3-9,11-14H,10H2,1-2H3/t13-,14+/m1/s1. The van der Waals surface area contributed by atoms with Crippen LogP contribution < -0.4 is 4.90 Å². The number of benzene rings is 1. The molecule has 2 aromatic heterocycles. The molecule has 24 heavy (non-hydrogen) atoms. The summed E-state index contributed by atoms with van der Waals surface area (Å²) in [5.41, 5.74) is 1.51. The van der Waals surface area contributed by atoms with Crippen LogP contribution in [0.3, 0.4) is 0 Å². The van der Waals surface area contributed by atoms with E-state index >= 15 is 0 Å². The van der Waals surface area contributed by atoms with E-state index in [1.54, 1.807) is 23.3 Å². The van der Waals surface area contributed by atoms with Crippen LogP contribution in [0.25, 0.3) is 5.69 Å². The predicted octanol–water partition coefficient (Wildman–Crippen LogP) is 3.07. The Morgan fingerprint density at radius 2 is 1.88 bits per heavy atom. The number of rotatable bonds is 2. The zero-order valence-electron chi connectivity index (χ0n) is 13.7. The van der Waals surface area contributed by atoms with Crippen molar-refractivity contribution in [2.45, 2.75) is 32.4 Å². The second-order valence-corrected chi connectivity index (χ2v) is 6.25. The summed E-state index contributed by atoms with van der Waals surface area (Å²) in [6.45, 7) is 4.20. The van der Waals surface area contributed by atoms with E-state index < -0.39 is 0 Å². The highest BCUT2D eigenvalue weighted by molar-refractivity contribution is 6.06. The van der Waals surface area contributed by atoms with Crippen LogP contribution in [0.2, 0.25) is 0 Å². The Bertz CT molecular complexity index is 866. The monoisotopic (exact) mass is 321 g/mol. The maximum Gasteiger partial charge on any atom is 0.262 e. The van der Waals surface area contributed by atoms with Crippen LogP contribution >= 0.6 is 0 Å². The van der Waals surface area contributed by atoms with Crippen LogP contribution in [0.1, 0.15) is 36.7 Å². The first-order valence-corrected chi connectivity index (χ1v) is 8.12. The molecule has 1 aliphatic heterocycles. The van der Waals surface area contributed by atoms with Crippen molar-refractivity contribution in [3.63, 3.8) is 0 Å². The first kappa shape index (κ1) is 14.7. The number of carbonyl (C=O) groups is 1. The third-order valence-electron chi connectivity index (χ3n) is 4.51. The van der Waals surface area contributed by atoms with Crippen molar-refractivity contribution in [2.75, 3.05) is 4.90 Å². The molecule has 0 saturated carbocycles. The van der Waals surface area contributed by atoms with Gasteiger partial charge in [0, 0.05) is 18.3 Å². The Morgan fingerprint density at radius 3 is 2.67 bits per heavy atom. The van der Waals surface area contributed by atoms with Crippen molar-refractivity contribution < 1.29 is 4.79 Å². The molecule has 0 radical (unpaired) electrons. The van der Waals surface area contributed by atoms with Crippen molar-refractivity contribution in [3.8, 4) is 5.69 Å². The second kappa shape index (κ2) is 5.63. The molecule has 0 N–H and O–H groups in total. The first-order chi connectivity index (χ1) is 11.6. The van der Waals surface area contributed by atoms with Crippen molar-refractivity contribution >= 4 is 11.7 Å². The van der Waals surface area contributed by atoms with Crippen LogP contribution in [-0.2, 0) is 0 Å². The molecular formula is C18H19N5O. The molecule has 2 atom stereocenters. The fourth-order valence-electron chi connectivity index (χ4n) is 3.36. The van der Waals surface area contributed by atoms with Gasteiger partial charge < -0.3 is 0 Å². The summed E-state index contributed by atoms with van der Waals surface area (Å²) in [5, 5.41) is 8.69. The van der Waals surface area contributed by atoms with Gasteiger partial charge in [0.05, 0.1) is 29.7 Å². The van der Waals surface area contributed by atoms with Crippen LogP contribution in [0.15, 0.2) is 55.0 Å². The van der Waals surface area contributed by atoms with E-state index in [9.17, 15) is 4.79 Å². The zero-order valence-corrected chi connectivity index (χ0v) is 13.7. The highest BCUT2D eigenvalue weighted by atomic mass is 16.2. The average Bonchev–Trinajstić information content (AvgIpc) is 3.25. The van der Waals surface area contributed by atoms with Gasteiger partial charge in [-0.15, -0.1) is 0 Å². The second-order valence-electron chi connectivity index (χ2n) is 6.25. The van der Waals surface area contributed by atoms with Gasteiger partial charge in [0.25, 0.3) is 5.91 Å². The van der Waals surface area contributed by atoms with Crippen molar-refractivity contribution in [3.05, 3.63) is 60.6 Å². The van der Waals surface area contributed by atoms with Gasteiger partial charge >= 0.3 is 0 Å². The van der Waals surface area contributed by atoms with Gasteiger partial charge in [0.2, 0.25) is 0 Å². The Balaban J connectivity index is 1.68. The zero-order chi connectivity index (χ0) is 16.7. The van der Waals surface area contributed by atoms with Gasteiger partial charge in [0.15, 0.2) is 0 Å². The topological polar surface area (TPSA) is 56.0 Å². The summed E-state index contributed by atoms with van der Waals surface area (Å²) in [6, 6.07) is 12.1. The molecule has 0 spiro atoms. The highest BCUT2D eigenvalue weighted by Gasteiger charge is 2.33. The Labute approximate surface area is 140 Å². The Kier molecular flexibility index (Phi) is 3.45. The lowest BCUT2D eigenvalue weighted by molar-refractivity contribution is 0.0966. The molecule has 0 saturated heterocycles. The molecule has 4 rings (SSSR count). The van der Waals surface area contributed by atoms with Crippen LogP contribution in [-0.4, -0.2) is 31.5 Å². The predicted molar refractivity (Wildman–Crippen MR) is 91.4 cm³/mol. The summed E-state index contributed by atoms with van der Waals surface area (Å²) >= 11 is 0. The number of amides is 1. The number of carbonyl (C=O) groups excluding carboxylic acids is 1. The number of fused-ring (bicyclic) bond motifs is 1. The summed E-state index contributed by atoms with van der Waals surface area (Å²) in [4.78, 5) is 14.9. The minimum absolute atomic E-state index is 0.0432. The Hall–Kier alpha value is -2.89. The summed E-state index contributed by atoms with van der Waals surface area (Å²) in [7, 11) is 0. The largest absolute Gasteiger partial charge is 0.290 e. The average molecular weight is 321 g/mol. The lowest BCUT2D eigenvalue weighted by Gasteiger charge is -2.36. The van der Waals surface area contributed by atoms with E-state index in [2.05, 4.69) is 24.0 Å². The van der Waals surface area contributed by atoms with E-state index in [1.165, 1.54) is 0 Å². The SMILES string of the molecule is C[C@@H]1C[C@H](C)n2nccc2N1C(=O)c1cnn(-c2ccccc2)c1. The van der Waals surface area contributed by atoms with E-state index in [0.717, 1.165) is 17.9 Å². The van der Waals surface area contributed by atoms with Gasteiger partial charge in [-0.25, -0.2) is 9.36 Å². The van der Waals surface area contributed by atoms with Gasteiger partial charge in [-0.1, -0.05) is 18.2 Å². The van der Waals surface area contributed by atoms with Crippen LogP contribution in [0.5, 0.6) is 0 Å². The summed E-state index contributed by atoms with van der Waals surface area (Å²) < 4.78 is 3.64. The third-order valence-corrected chi connectivity index (χ3v) is 4.51. The van der Waals surface area contributed by atoms with Crippen molar-refractivity contribution in [2.24, 2.45) is 0 Å². The molecule has 0 unspecified atom stereocenters. The van der Waals surface area contributed by atoms with Gasteiger partial charge in [-0.3, -0.25) is 9.69 Å². The summed E-state index contributed by atoms with van der Waals surface area (Å²) in [6.07, 6.45) is 6.04. The van der Waals surface area contributed by atoms with E-state index in [4.69, 9.17) is 0 Å². The molecule has 122 valence electrons. The van der Waals surface area contributed by atoms with E-state index in [1.807, 2.05) is 46.0 Å². The van der Waals surface area contributed by atoms with Crippen molar-refractivity contribution in [1.29, 1.82) is 0 Å². The quantitative estimate of drug-likeness (QED) is 0.729. The van der Waals surface area contributed by atoms with E-state index in [0.29, 0.717) is 11.6 Å². The number of hydrogen-bond acceptors (Lipinski definition) is 3. The molecule has 3 heterocycles. The molecule has 0 fully saturated rings. The molecule has 6 heteroatoms. The number of para-hydroxylation sites is 1. The third kappa shape index (κ3) is 2.31. The fourth-order valence-corrected chi connectivity index (χ4v) is 3.36. The lowest BCUT2D eigenvalue weighted by Crippen LogP contribution is -2.44. The number of nitrogens with zero attached hydrogens (tertiary/aromatic N) is 5. The first-order valence-electron chi connectivity index (χ1n) is 8.12. The molecule has 1 amide bonds. The maximum atomic E-state index is 13.1.